The topological polar surface area (TPSA) is 16.1 Å². The Balaban J connectivity index is 1.76. The zero-order valence-corrected chi connectivity index (χ0v) is 13.4. The van der Waals surface area contributed by atoms with E-state index in [4.69, 9.17) is 4.98 Å². The van der Waals surface area contributed by atoms with Gasteiger partial charge in [-0.1, -0.05) is 43.3 Å². The van der Waals surface area contributed by atoms with E-state index < -0.39 is 0 Å². The van der Waals surface area contributed by atoms with Crippen LogP contribution in [0.4, 0.5) is 0 Å². The molecule has 21 heavy (non-hydrogen) atoms. The van der Waals surface area contributed by atoms with Gasteiger partial charge in [-0.15, -0.1) is 11.3 Å². The lowest BCUT2D eigenvalue weighted by Gasteiger charge is -2.20. The summed E-state index contributed by atoms with van der Waals surface area (Å²) in [5, 5.41) is 1.20. The first kappa shape index (κ1) is 14.2. The third-order valence-electron chi connectivity index (χ3n) is 3.80. The minimum Gasteiger partial charge on any atom is -0.293 e. The number of thiazole rings is 1. The van der Waals surface area contributed by atoms with Crippen LogP contribution in [0.25, 0.3) is 10.2 Å². The van der Waals surface area contributed by atoms with E-state index in [2.05, 4.69) is 67.3 Å². The second-order valence-electron chi connectivity index (χ2n) is 5.31. The summed E-state index contributed by atoms with van der Waals surface area (Å²) in [5.41, 5.74) is 3.88. The molecule has 0 aliphatic rings. The molecule has 0 unspecified atom stereocenters. The van der Waals surface area contributed by atoms with Crippen LogP contribution in [0.3, 0.4) is 0 Å². The molecule has 3 aromatic rings. The van der Waals surface area contributed by atoms with Gasteiger partial charge >= 0.3 is 0 Å². The van der Waals surface area contributed by atoms with Crippen molar-refractivity contribution in [2.75, 3.05) is 6.54 Å². The van der Waals surface area contributed by atoms with Crippen molar-refractivity contribution in [1.29, 1.82) is 0 Å². The van der Waals surface area contributed by atoms with Crippen molar-refractivity contribution < 1.29 is 0 Å². The van der Waals surface area contributed by atoms with Gasteiger partial charge in [0.05, 0.1) is 16.8 Å². The average molecular weight is 296 g/mol. The lowest BCUT2D eigenvalue weighted by molar-refractivity contribution is 0.270. The molecule has 0 saturated heterocycles. The predicted molar refractivity (Wildman–Crippen MR) is 90.6 cm³/mol. The highest BCUT2D eigenvalue weighted by Crippen LogP contribution is 2.23. The molecule has 0 N–H and O–H groups in total. The maximum absolute atomic E-state index is 4.74. The number of fused-ring (bicyclic) bond motifs is 1. The molecule has 0 aliphatic heterocycles. The predicted octanol–water partition coefficient (Wildman–Crippen LogP) is 4.63. The van der Waals surface area contributed by atoms with E-state index in [0.717, 1.165) is 25.2 Å². The van der Waals surface area contributed by atoms with Gasteiger partial charge in [0.25, 0.3) is 0 Å². The summed E-state index contributed by atoms with van der Waals surface area (Å²) in [6.45, 7) is 7.33. The van der Waals surface area contributed by atoms with Crippen LogP contribution in [0, 0.1) is 6.92 Å². The van der Waals surface area contributed by atoms with E-state index in [0.29, 0.717) is 0 Å². The molecule has 3 heteroatoms. The van der Waals surface area contributed by atoms with Gasteiger partial charge in [-0.2, -0.15) is 0 Å². The van der Waals surface area contributed by atoms with E-state index in [9.17, 15) is 0 Å². The second kappa shape index (κ2) is 6.37. The molecule has 0 spiro atoms. The standard InChI is InChI=1S/C18H20N2S/c1-3-20(12-15-9-5-4-8-14(15)2)13-18-19-16-10-6-7-11-17(16)21-18/h4-11H,3,12-13H2,1-2H3. The Labute approximate surface area is 130 Å². The first-order chi connectivity index (χ1) is 10.3. The highest BCUT2D eigenvalue weighted by molar-refractivity contribution is 7.18. The molecule has 0 fully saturated rings. The van der Waals surface area contributed by atoms with E-state index in [1.165, 1.54) is 20.8 Å². The molecule has 2 nitrogen and oxygen atoms in total. The molecule has 1 aromatic heterocycles. The van der Waals surface area contributed by atoms with Gasteiger partial charge in [-0.05, 0) is 36.7 Å². The monoisotopic (exact) mass is 296 g/mol. The summed E-state index contributed by atoms with van der Waals surface area (Å²) in [7, 11) is 0. The Morgan fingerprint density at radius 2 is 1.76 bits per heavy atom. The first-order valence-corrected chi connectivity index (χ1v) is 8.19. The summed E-state index contributed by atoms with van der Waals surface area (Å²) < 4.78 is 1.28. The van der Waals surface area contributed by atoms with Crippen LogP contribution < -0.4 is 0 Å². The Kier molecular flexibility index (Phi) is 4.32. The minimum absolute atomic E-state index is 0.921. The van der Waals surface area contributed by atoms with Crippen LogP contribution in [-0.2, 0) is 13.1 Å². The number of hydrogen-bond donors (Lipinski definition) is 0. The number of benzene rings is 2. The fourth-order valence-corrected chi connectivity index (χ4v) is 3.50. The Morgan fingerprint density at radius 1 is 1.00 bits per heavy atom. The zero-order chi connectivity index (χ0) is 14.7. The summed E-state index contributed by atoms with van der Waals surface area (Å²) in [6.07, 6.45) is 0. The lowest BCUT2D eigenvalue weighted by Crippen LogP contribution is -2.22. The van der Waals surface area contributed by atoms with E-state index in [1.54, 1.807) is 11.3 Å². The van der Waals surface area contributed by atoms with Crippen molar-refractivity contribution in [2.45, 2.75) is 26.9 Å². The highest BCUT2D eigenvalue weighted by atomic mass is 32.1. The molecule has 2 aromatic carbocycles. The van der Waals surface area contributed by atoms with Gasteiger partial charge in [-0.25, -0.2) is 4.98 Å². The van der Waals surface area contributed by atoms with Gasteiger partial charge in [0.2, 0.25) is 0 Å². The fraction of sp³-hybridized carbons (Fsp3) is 0.278. The average Bonchev–Trinajstić information content (AvgIpc) is 2.91. The quantitative estimate of drug-likeness (QED) is 0.682. The molecule has 0 saturated carbocycles. The number of aromatic nitrogens is 1. The first-order valence-electron chi connectivity index (χ1n) is 7.37. The maximum atomic E-state index is 4.74. The third kappa shape index (κ3) is 3.31. The third-order valence-corrected chi connectivity index (χ3v) is 4.82. The van der Waals surface area contributed by atoms with E-state index >= 15 is 0 Å². The molecule has 1 heterocycles. The molecular formula is C18H20N2S. The van der Waals surface area contributed by atoms with Crippen LogP contribution in [-0.4, -0.2) is 16.4 Å². The summed E-state index contributed by atoms with van der Waals surface area (Å²) in [4.78, 5) is 7.19. The summed E-state index contributed by atoms with van der Waals surface area (Å²) in [5.74, 6) is 0. The number of rotatable bonds is 5. The summed E-state index contributed by atoms with van der Waals surface area (Å²) >= 11 is 1.80. The van der Waals surface area contributed by atoms with Crippen molar-refractivity contribution in [1.82, 2.24) is 9.88 Å². The van der Waals surface area contributed by atoms with Crippen molar-refractivity contribution in [3.8, 4) is 0 Å². The van der Waals surface area contributed by atoms with Crippen LogP contribution >= 0.6 is 11.3 Å². The van der Waals surface area contributed by atoms with Crippen LogP contribution in [0.2, 0.25) is 0 Å². The highest BCUT2D eigenvalue weighted by Gasteiger charge is 2.10. The molecular weight excluding hydrogens is 276 g/mol. The van der Waals surface area contributed by atoms with Gasteiger partial charge in [-0.3, -0.25) is 4.90 Å². The van der Waals surface area contributed by atoms with Gasteiger partial charge in [0.1, 0.15) is 5.01 Å². The van der Waals surface area contributed by atoms with Gasteiger partial charge in [0.15, 0.2) is 0 Å². The molecule has 0 bridgehead atoms. The second-order valence-corrected chi connectivity index (χ2v) is 6.42. The van der Waals surface area contributed by atoms with Crippen molar-refractivity contribution >= 4 is 21.6 Å². The van der Waals surface area contributed by atoms with Crippen LogP contribution in [0.1, 0.15) is 23.1 Å². The Hall–Kier alpha value is -1.71. The fourth-order valence-electron chi connectivity index (χ4n) is 2.49. The van der Waals surface area contributed by atoms with Gasteiger partial charge < -0.3 is 0 Å². The largest absolute Gasteiger partial charge is 0.293 e. The van der Waals surface area contributed by atoms with Crippen molar-refractivity contribution in [2.24, 2.45) is 0 Å². The lowest BCUT2D eigenvalue weighted by atomic mass is 10.1. The van der Waals surface area contributed by atoms with Crippen LogP contribution in [0.15, 0.2) is 48.5 Å². The number of nitrogens with zero attached hydrogens (tertiary/aromatic N) is 2. The molecule has 0 atom stereocenters. The van der Waals surface area contributed by atoms with Crippen molar-refractivity contribution in [3.05, 3.63) is 64.7 Å². The number of hydrogen-bond acceptors (Lipinski definition) is 3. The smallest absolute Gasteiger partial charge is 0.108 e. The zero-order valence-electron chi connectivity index (χ0n) is 12.5. The Morgan fingerprint density at radius 3 is 2.52 bits per heavy atom. The van der Waals surface area contributed by atoms with Gasteiger partial charge in [0, 0.05) is 6.54 Å². The normalized spacial score (nSPS) is 11.4. The number of aryl methyl sites for hydroxylation is 1. The maximum Gasteiger partial charge on any atom is 0.108 e. The van der Waals surface area contributed by atoms with E-state index in [1.807, 2.05) is 0 Å². The number of para-hydroxylation sites is 1. The van der Waals surface area contributed by atoms with Crippen molar-refractivity contribution in [3.63, 3.8) is 0 Å². The Bertz CT molecular complexity index is 700. The molecule has 0 amide bonds. The molecule has 0 aliphatic carbocycles. The SMILES string of the molecule is CCN(Cc1nc2ccccc2s1)Cc1ccccc1C. The molecule has 108 valence electrons. The minimum atomic E-state index is 0.921. The molecule has 3 rings (SSSR count). The molecule has 0 radical (unpaired) electrons. The van der Waals surface area contributed by atoms with E-state index in [-0.39, 0.29) is 0 Å². The summed E-state index contributed by atoms with van der Waals surface area (Å²) in [6, 6.07) is 17.0. The van der Waals surface area contributed by atoms with Crippen LogP contribution in [0.5, 0.6) is 0 Å².